The molecule has 1 aromatic heterocycles. The molecule has 0 radical (unpaired) electrons. The number of benzene rings is 2. The molecule has 2 heterocycles. The molecule has 0 saturated carbocycles. The number of aromatic nitrogens is 1. The minimum absolute atomic E-state index is 0.235. The Morgan fingerprint density at radius 1 is 1.16 bits per heavy atom. The SMILES string of the molecule is O=C(Nc1ccc(Cl)cc1)c1c(O)c2cccc3c2n(c1=O)CCC3. The number of carbonyl (C=O) groups is 1. The van der Waals surface area contributed by atoms with E-state index in [1.165, 1.54) is 0 Å². The van der Waals surface area contributed by atoms with E-state index < -0.39 is 11.5 Å². The molecule has 2 aromatic carbocycles. The first kappa shape index (κ1) is 15.7. The van der Waals surface area contributed by atoms with Crippen LogP contribution in [-0.4, -0.2) is 15.6 Å². The summed E-state index contributed by atoms with van der Waals surface area (Å²) in [5, 5.41) is 14.3. The molecular formula is C19H15ClN2O3. The van der Waals surface area contributed by atoms with Crippen molar-refractivity contribution >= 4 is 34.1 Å². The number of nitrogens with one attached hydrogen (secondary N) is 1. The highest BCUT2D eigenvalue weighted by Gasteiger charge is 2.25. The molecule has 1 amide bonds. The fraction of sp³-hybridized carbons (Fsp3) is 0.158. The first-order chi connectivity index (χ1) is 12.1. The highest BCUT2D eigenvalue weighted by atomic mass is 35.5. The van der Waals surface area contributed by atoms with Crippen LogP contribution in [0.15, 0.2) is 47.3 Å². The van der Waals surface area contributed by atoms with Crippen molar-refractivity contribution in [2.24, 2.45) is 0 Å². The molecule has 1 aliphatic rings. The fourth-order valence-electron chi connectivity index (χ4n) is 3.35. The largest absolute Gasteiger partial charge is 0.506 e. The van der Waals surface area contributed by atoms with Crippen LogP contribution in [0.4, 0.5) is 5.69 Å². The van der Waals surface area contributed by atoms with E-state index in [0.717, 1.165) is 23.9 Å². The van der Waals surface area contributed by atoms with Gasteiger partial charge in [0, 0.05) is 22.6 Å². The van der Waals surface area contributed by atoms with Crippen molar-refractivity contribution < 1.29 is 9.90 Å². The van der Waals surface area contributed by atoms with E-state index in [1.54, 1.807) is 34.9 Å². The van der Waals surface area contributed by atoms with Gasteiger partial charge in [0.25, 0.3) is 11.5 Å². The Labute approximate surface area is 148 Å². The summed E-state index contributed by atoms with van der Waals surface area (Å²) in [6.07, 6.45) is 1.68. The van der Waals surface area contributed by atoms with Crippen LogP contribution in [0.1, 0.15) is 22.3 Å². The van der Waals surface area contributed by atoms with Crippen molar-refractivity contribution in [3.63, 3.8) is 0 Å². The number of rotatable bonds is 2. The lowest BCUT2D eigenvalue weighted by Crippen LogP contribution is -2.31. The standard InChI is InChI=1S/C19H15ClN2O3/c20-12-6-8-13(9-7-12)21-18(24)15-17(23)14-5-1-3-11-4-2-10-22(16(11)14)19(15)25/h1,3,5-9,23H,2,4,10H2,(H,21,24). The molecule has 4 rings (SSSR count). The van der Waals surface area contributed by atoms with Gasteiger partial charge in [0.2, 0.25) is 0 Å². The fourth-order valence-corrected chi connectivity index (χ4v) is 3.47. The molecule has 0 fully saturated rings. The van der Waals surface area contributed by atoms with Gasteiger partial charge in [0.15, 0.2) is 0 Å². The third kappa shape index (κ3) is 2.57. The molecule has 5 nitrogen and oxygen atoms in total. The number of amides is 1. The molecule has 0 unspecified atom stereocenters. The quantitative estimate of drug-likeness (QED) is 0.739. The summed E-state index contributed by atoms with van der Waals surface area (Å²) >= 11 is 5.84. The van der Waals surface area contributed by atoms with Gasteiger partial charge in [-0.25, -0.2) is 0 Å². The summed E-state index contributed by atoms with van der Waals surface area (Å²) in [5.41, 5.74) is 1.53. The Morgan fingerprint density at radius 3 is 2.68 bits per heavy atom. The first-order valence-corrected chi connectivity index (χ1v) is 8.38. The van der Waals surface area contributed by atoms with Gasteiger partial charge in [0.05, 0.1) is 5.52 Å². The Morgan fingerprint density at radius 2 is 1.92 bits per heavy atom. The van der Waals surface area contributed by atoms with E-state index in [4.69, 9.17) is 11.6 Å². The zero-order chi connectivity index (χ0) is 17.6. The molecule has 3 aromatic rings. The second-order valence-corrected chi connectivity index (χ2v) is 6.49. The summed E-state index contributed by atoms with van der Waals surface area (Å²) in [6, 6.07) is 12.1. The summed E-state index contributed by atoms with van der Waals surface area (Å²) < 4.78 is 1.59. The third-order valence-electron chi connectivity index (χ3n) is 4.50. The van der Waals surface area contributed by atoms with Crippen LogP contribution in [0.2, 0.25) is 5.02 Å². The van der Waals surface area contributed by atoms with Gasteiger partial charge in [-0.15, -0.1) is 0 Å². The molecular weight excluding hydrogens is 340 g/mol. The summed E-state index contributed by atoms with van der Waals surface area (Å²) in [7, 11) is 0. The summed E-state index contributed by atoms with van der Waals surface area (Å²) in [4.78, 5) is 25.5. The molecule has 0 spiro atoms. The maximum atomic E-state index is 12.8. The smallest absolute Gasteiger partial charge is 0.267 e. The molecule has 6 heteroatoms. The van der Waals surface area contributed by atoms with E-state index in [-0.39, 0.29) is 11.3 Å². The minimum atomic E-state index is -0.633. The Bertz CT molecular complexity index is 1050. The van der Waals surface area contributed by atoms with Gasteiger partial charge in [0.1, 0.15) is 11.3 Å². The normalized spacial score (nSPS) is 13.0. The molecule has 2 N–H and O–H groups in total. The van der Waals surface area contributed by atoms with E-state index in [2.05, 4.69) is 5.32 Å². The topological polar surface area (TPSA) is 71.3 Å². The van der Waals surface area contributed by atoms with Gasteiger partial charge in [-0.3, -0.25) is 9.59 Å². The van der Waals surface area contributed by atoms with Crippen LogP contribution in [0.25, 0.3) is 10.9 Å². The van der Waals surface area contributed by atoms with Gasteiger partial charge < -0.3 is 15.0 Å². The van der Waals surface area contributed by atoms with E-state index in [9.17, 15) is 14.7 Å². The number of anilines is 1. The molecule has 25 heavy (non-hydrogen) atoms. The van der Waals surface area contributed by atoms with Crippen molar-refractivity contribution in [2.75, 3.05) is 5.32 Å². The van der Waals surface area contributed by atoms with Gasteiger partial charge in [-0.2, -0.15) is 0 Å². The van der Waals surface area contributed by atoms with Crippen molar-refractivity contribution in [3.8, 4) is 5.75 Å². The third-order valence-corrected chi connectivity index (χ3v) is 4.75. The number of halogens is 1. The number of aryl methyl sites for hydroxylation is 2. The van der Waals surface area contributed by atoms with Gasteiger partial charge in [-0.05, 0) is 48.7 Å². The lowest BCUT2D eigenvalue weighted by atomic mass is 9.99. The first-order valence-electron chi connectivity index (χ1n) is 8.00. The molecule has 1 aliphatic heterocycles. The average molecular weight is 355 g/mol. The van der Waals surface area contributed by atoms with Crippen LogP contribution in [0.3, 0.4) is 0 Å². The maximum Gasteiger partial charge on any atom is 0.267 e. The lowest BCUT2D eigenvalue weighted by Gasteiger charge is -2.21. The van der Waals surface area contributed by atoms with E-state index in [1.807, 2.05) is 12.1 Å². The number of hydrogen-bond acceptors (Lipinski definition) is 3. The summed E-state index contributed by atoms with van der Waals surface area (Å²) in [6.45, 7) is 0.536. The Hall–Kier alpha value is -2.79. The minimum Gasteiger partial charge on any atom is -0.506 e. The number of hydrogen-bond donors (Lipinski definition) is 2. The van der Waals surface area contributed by atoms with Crippen molar-refractivity contribution in [3.05, 3.63) is 69.0 Å². The maximum absolute atomic E-state index is 12.8. The molecule has 126 valence electrons. The van der Waals surface area contributed by atoms with Crippen LogP contribution in [0.5, 0.6) is 5.75 Å². The Kier molecular flexibility index (Phi) is 3.73. The highest BCUT2D eigenvalue weighted by Crippen LogP contribution is 2.31. The number of nitrogens with zero attached hydrogens (tertiary/aromatic N) is 1. The number of para-hydroxylation sites is 1. The van der Waals surface area contributed by atoms with E-state index in [0.29, 0.717) is 22.6 Å². The number of aromatic hydroxyl groups is 1. The zero-order valence-electron chi connectivity index (χ0n) is 13.3. The molecule has 0 aliphatic carbocycles. The van der Waals surface area contributed by atoms with Crippen molar-refractivity contribution in [1.82, 2.24) is 4.57 Å². The van der Waals surface area contributed by atoms with Crippen molar-refractivity contribution in [1.29, 1.82) is 0 Å². The number of pyridine rings is 1. The van der Waals surface area contributed by atoms with Crippen LogP contribution in [0, 0.1) is 0 Å². The predicted molar refractivity (Wildman–Crippen MR) is 97.6 cm³/mol. The molecule has 0 atom stereocenters. The molecule has 0 saturated heterocycles. The number of carbonyl (C=O) groups excluding carboxylic acids is 1. The van der Waals surface area contributed by atoms with Gasteiger partial charge in [-0.1, -0.05) is 23.7 Å². The zero-order valence-corrected chi connectivity index (χ0v) is 14.0. The summed E-state index contributed by atoms with van der Waals surface area (Å²) in [5.74, 6) is -0.905. The van der Waals surface area contributed by atoms with Crippen LogP contribution < -0.4 is 10.9 Å². The van der Waals surface area contributed by atoms with E-state index >= 15 is 0 Å². The second-order valence-electron chi connectivity index (χ2n) is 6.06. The average Bonchev–Trinajstić information content (AvgIpc) is 2.61. The van der Waals surface area contributed by atoms with Crippen molar-refractivity contribution in [2.45, 2.75) is 19.4 Å². The lowest BCUT2D eigenvalue weighted by molar-refractivity contribution is 0.102. The highest BCUT2D eigenvalue weighted by molar-refractivity contribution is 6.30. The molecule has 0 bridgehead atoms. The monoisotopic (exact) mass is 354 g/mol. The Balaban J connectivity index is 1.86. The van der Waals surface area contributed by atoms with Crippen LogP contribution in [-0.2, 0) is 13.0 Å². The predicted octanol–water partition coefficient (Wildman–Crippen LogP) is 3.56. The second kappa shape index (κ2) is 5.93. The van der Waals surface area contributed by atoms with Gasteiger partial charge >= 0.3 is 0 Å². The van der Waals surface area contributed by atoms with Crippen LogP contribution >= 0.6 is 11.6 Å².